The van der Waals surface area contributed by atoms with Gasteiger partial charge in [0.2, 0.25) is 5.95 Å². The fourth-order valence-corrected chi connectivity index (χ4v) is 6.96. The van der Waals surface area contributed by atoms with Crippen molar-refractivity contribution in [1.29, 1.82) is 0 Å². The molecule has 1 aromatic carbocycles. The van der Waals surface area contributed by atoms with Crippen LogP contribution in [-0.4, -0.2) is 100 Å². The van der Waals surface area contributed by atoms with E-state index in [1.54, 1.807) is 4.68 Å². The van der Waals surface area contributed by atoms with Gasteiger partial charge in [0.1, 0.15) is 11.9 Å². The third-order valence-electron chi connectivity index (χ3n) is 9.79. The predicted octanol–water partition coefficient (Wildman–Crippen LogP) is 4.04. The number of morpholine rings is 2. The lowest BCUT2D eigenvalue weighted by atomic mass is 9.85. The number of aromatic nitrogens is 5. The van der Waals surface area contributed by atoms with Crippen LogP contribution in [0.1, 0.15) is 69.5 Å². The number of hydroxylamine groups is 1. The second kappa shape index (κ2) is 14.9. The molecule has 5 heterocycles. The van der Waals surface area contributed by atoms with Gasteiger partial charge in [-0.3, -0.25) is 14.1 Å². The molecule has 2 fully saturated rings. The maximum absolute atomic E-state index is 14.0. The van der Waals surface area contributed by atoms with Gasteiger partial charge in [-0.05, 0) is 43.0 Å². The molecule has 1 aliphatic carbocycles. The van der Waals surface area contributed by atoms with Crippen LogP contribution >= 0.6 is 0 Å². The van der Waals surface area contributed by atoms with Gasteiger partial charge >= 0.3 is 12.5 Å². The minimum Gasteiger partial charge on any atom is -0.484 e. The van der Waals surface area contributed by atoms with Gasteiger partial charge in [-0.1, -0.05) is 45.0 Å². The molecule has 2 saturated heterocycles. The van der Waals surface area contributed by atoms with Crippen molar-refractivity contribution >= 4 is 29.9 Å². The Hall–Kier alpha value is -4.73. The van der Waals surface area contributed by atoms with Gasteiger partial charge in [-0.15, -0.1) is 15.3 Å². The lowest BCUT2D eigenvalue weighted by molar-refractivity contribution is -0.129. The van der Waals surface area contributed by atoms with E-state index in [0.717, 1.165) is 53.1 Å². The van der Waals surface area contributed by atoms with Crippen molar-refractivity contribution in [1.82, 2.24) is 34.6 Å². The molecule has 1 N–H and O–H groups in total. The first-order valence-corrected chi connectivity index (χ1v) is 17.7. The summed E-state index contributed by atoms with van der Waals surface area (Å²) in [6.45, 7) is 14.8. The second-order valence-electron chi connectivity index (χ2n) is 14.3. The van der Waals surface area contributed by atoms with Crippen molar-refractivity contribution in [2.45, 2.75) is 70.7 Å². The maximum Gasteiger partial charge on any atom is 0.357 e. The summed E-state index contributed by atoms with van der Waals surface area (Å²) in [5.74, 6) is 1.84. The number of hydrogen-bond donors (Lipinski definition) is 1. The SMILES string of the molecule is C[C@H]1COCCN1c1nnc2ccc(O[C@@H]3CC[C@H](NC(=O)N(OC=O)c4cc(C(C)(C)C)nn4CCN4CCOCC4)c4ccccc43)cn12. The number of rotatable bonds is 10. The highest BCUT2D eigenvalue weighted by molar-refractivity contribution is 5.90. The van der Waals surface area contributed by atoms with Crippen LogP contribution in [0.5, 0.6) is 5.75 Å². The van der Waals surface area contributed by atoms with Crippen LogP contribution in [0.4, 0.5) is 16.6 Å². The molecule has 15 nitrogen and oxygen atoms in total. The largest absolute Gasteiger partial charge is 0.484 e. The van der Waals surface area contributed by atoms with E-state index in [1.165, 1.54) is 0 Å². The van der Waals surface area contributed by atoms with E-state index >= 15 is 0 Å². The average Bonchev–Trinajstić information content (AvgIpc) is 3.76. The highest BCUT2D eigenvalue weighted by Gasteiger charge is 2.33. The number of ether oxygens (including phenoxy) is 3. The highest BCUT2D eigenvalue weighted by atomic mass is 16.7. The molecular weight excluding hydrogens is 654 g/mol. The molecule has 4 aromatic rings. The summed E-state index contributed by atoms with van der Waals surface area (Å²) in [6, 6.07) is 12.9. The zero-order chi connectivity index (χ0) is 35.5. The Labute approximate surface area is 297 Å². The molecule has 2 amide bonds. The van der Waals surface area contributed by atoms with Gasteiger partial charge in [-0.25, -0.2) is 9.48 Å². The third kappa shape index (κ3) is 7.51. The number of anilines is 2. The first kappa shape index (κ1) is 34.7. The Morgan fingerprint density at radius 3 is 2.57 bits per heavy atom. The maximum atomic E-state index is 14.0. The topological polar surface area (TPSA) is 141 Å². The molecule has 15 heteroatoms. The fraction of sp³-hybridized carbons (Fsp3) is 0.528. The predicted molar refractivity (Wildman–Crippen MR) is 189 cm³/mol. The smallest absolute Gasteiger partial charge is 0.357 e. The summed E-state index contributed by atoms with van der Waals surface area (Å²) in [7, 11) is 0. The molecule has 0 spiro atoms. The standard InChI is InChI=1S/C36H47N9O6/c1-25-23-49-20-17-42(25)34-39-38-32-12-9-26(22-43(32)34)51-30-11-10-29(27-7-5-6-8-28(27)30)37-35(47)45(50-24-46)33-21-31(36(2,3)4)40-44(33)14-13-41-15-18-48-19-16-41/h5-9,12,21-22,24-25,29-30H,10-11,13-20,23H2,1-4H3,(H,37,47)/t25-,29-,30+/m0/s1. The minimum absolute atomic E-state index is 0.178. The lowest BCUT2D eigenvalue weighted by Gasteiger charge is -2.34. The van der Waals surface area contributed by atoms with Gasteiger partial charge < -0.3 is 29.3 Å². The molecule has 2 aliphatic heterocycles. The number of hydrogen-bond acceptors (Lipinski definition) is 11. The zero-order valence-electron chi connectivity index (χ0n) is 29.7. The molecule has 0 saturated carbocycles. The molecular formula is C36H47N9O6. The van der Waals surface area contributed by atoms with Gasteiger partial charge in [0.05, 0.1) is 56.9 Å². The van der Waals surface area contributed by atoms with Crippen molar-refractivity contribution < 1.29 is 28.6 Å². The summed E-state index contributed by atoms with van der Waals surface area (Å²) in [5.41, 5.74) is 3.15. The molecule has 3 atom stereocenters. The Kier molecular flexibility index (Phi) is 10.1. The lowest BCUT2D eigenvalue weighted by Crippen LogP contribution is -2.44. The molecule has 3 aromatic heterocycles. The van der Waals surface area contributed by atoms with Crippen molar-refractivity contribution in [3.05, 3.63) is 65.5 Å². The van der Waals surface area contributed by atoms with Crippen molar-refractivity contribution in [2.24, 2.45) is 0 Å². The first-order chi connectivity index (χ1) is 24.7. The molecule has 0 bridgehead atoms. The van der Waals surface area contributed by atoms with Crippen molar-refractivity contribution in [2.75, 3.05) is 62.6 Å². The Morgan fingerprint density at radius 2 is 1.80 bits per heavy atom. The number of benzene rings is 1. The van der Waals surface area contributed by atoms with E-state index in [4.69, 9.17) is 24.1 Å². The van der Waals surface area contributed by atoms with E-state index in [9.17, 15) is 9.59 Å². The number of pyridine rings is 1. The van der Waals surface area contributed by atoms with E-state index in [1.807, 2.05) is 53.1 Å². The summed E-state index contributed by atoms with van der Waals surface area (Å²) in [5, 5.41) is 17.8. The number of urea groups is 1. The van der Waals surface area contributed by atoms with Crippen LogP contribution in [0.2, 0.25) is 0 Å². The van der Waals surface area contributed by atoms with Gasteiger partial charge in [-0.2, -0.15) is 5.10 Å². The zero-order valence-corrected chi connectivity index (χ0v) is 29.7. The summed E-state index contributed by atoms with van der Waals surface area (Å²) in [6.07, 6.45) is 2.95. The Morgan fingerprint density at radius 1 is 1.02 bits per heavy atom. The molecule has 0 unspecified atom stereocenters. The number of amides is 2. The number of carbonyl (C=O) groups is 2. The minimum atomic E-state index is -0.558. The fourth-order valence-electron chi connectivity index (χ4n) is 6.96. The Bertz CT molecular complexity index is 1830. The van der Waals surface area contributed by atoms with Gasteiger partial charge in [0.25, 0.3) is 0 Å². The molecule has 7 rings (SSSR count). The number of fused-ring (bicyclic) bond motifs is 2. The molecule has 272 valence electrons. The normalized spacial score (nSPS) is 21.3. The number of nitrogens with zero attached hydrogens (tertiary/aromatic N) is 8. The van der Waals surface area contributed by atoms with E-state index in [2.05, 4.69) is 53.0 Å². The summed E-state index contributed by atoms with van der Waals surface area (Å²) >= 11 is 0. The van der Waals surface area contributed by atoms with E-state index in [0.29, 0.717) is 63.9 Å². The van der Waals surface area contributed by atoms with Crippen LogP contribution in [0.25, 0.3) is 5.65 Å². The molecule has 51 heavy (non-hydrogen) atoms. The van der Waals surface area contributed by atoms with Crippen LogP contribution in [0.15, 0.2) is 48.7 Å². The number of carbonyl (C=O) groups excluding carboxylic acids is 2. The Balaban J connectivity index is 1.09. The van der Waals surface area contributed by atoms with Crippen LogP contribution in [-0.2, 0) is 31.1 Å². The van der Waals surface area contributed by atoms with Crippen LogP contribution in [0.3, 0.4) is 0 Å². The van der Waals surface area contributed by atoms with Gasteiger partial charge in [0, 0.05) is 37.7 Å². The van der Waals surface area contributed by atoms with Crippen molar-refractivity contribution in [3.8, 4) is 5.75 Å². The van der Waals surface area contributed by atoms with Crippen molar-refractivity contribution in [3.63, 3.8) is 0 Å². The third-order valence-corrected chi connectivity index (χ3v) is 9.79. The first-order valence-electron chi connectivity index (χ1n) is 17.7. The van der Waals surface area contributed by atoms with Crippen LogP contribution in [0, 0.1) is 0 Å². The summed E-state index contributed by atoms with van der Waals surface area (Å²) < 4.78 is 21.5. The summed E-state index contributed by atoms with van der Waals surface area (Å²) in [4.78, 5) is 35.6. The monoisotopic (exact) mass is 701 g/mol. The van der Waals surface area contributed by atoms with Crippen LogP contribution < -0.4 is 20.0 Å². The molecule has 0 radical (unpaired) electrons. The highest BCUT2D eigenvalue weighted by Crippen LogP contribution is 2.39. The quantitative estimate of drug-likeness (QED) is 0.189. The second-order valence-corrected chi connectivity index (χ2v) is 14.3. The van der Waals surface area contributed by atoms with E-state index < -0.39 is 6.03 Å². The van der Waals surface area contributed by atoms with Gasteiger partial charge in [0.15, 0.2) is 11.5 Å². The number of nitrogens with one attached hydrogen (secondary N) is 1. The molecule has 3 aliphatic rings. The van der Waals surface area contributed by atoms with E-state index in [-0.39, 0.29) is 30.1 Å². The average molecular weight is 702 g/mol.